The first-order valence-corrected chi connectivity index (χ1v) is 5.14. The zero-order valence-electron chi connectivity index (χ0n) is 9.70. The fourth-order valence-electron chi connectivity index (χ4n) is 1.31. The maximum Gasteiger partial charge on any atom is 0.387 e. The second-order valence-electron chi connectivity index (χ2n) is 3.08. The van der Waals surface area contributed by atoms with Crippen LogP contribution in [0.15, 0.2) is 18.2 Å². The zero-order chi connectivity index (χ0) is 12.7. The van der Waals surface area contributed by atoms with Gasteiger partial charge in [-0.05, 0) is 13.0 Å². The molecule has 1 N–H and O–H groups in total. The van der Waals surface area contributed by atoms with Crippen LogP contribution in [0.5, 0.6) is 11.5 Å². The molecule has 0 saturated carbocycles. The lowest BCUT2D eigenvalue weighted by atomic mass is 10.2. The highest BCUT2D eigenvalue weighted by atomic mass is 19.3. The predicted molar refractivity (Wildman–Crippen MR) is 58.1 cm³/mol. The molecule has 0 aromatic heterocycles. The Kier molecular flexibility index (Phi) is 5.65. The monoisotopic (exact) mass is 247 g/mol. The minimum atomic E-state index is -2.89. The van der Waals surface area contributed by atoms with E-state index >= 15 is 0 Å². The van der Waals surface area contributed by atoms with Gasteiger partial charge < -0.3 is 14.3 Å². The fourth-order valence-corrected chi connectivity index (χ4v) is 1.31. The van der Waals surface area contributed by atoms with Crippen molar-refractivity contribution in [1.29, 1.82) is 0 Å². The first-order valence-electron chi connectivity index (χ1n) is 5.14. The van der Waals surface area contributed by atoms with Crippen molar-refractivity contribution >= 4 is 0 Å². The smallest absolute Gasteiger partial charge is 0.387 e. The number of rotatable bonds is 7. The molecule has 0 atom stereocenters. The lowest BCUT2D eigenvalue weighted by Crippen LogP contribution is -2.15. The van der Waals surface area contributed by atoms with E-state index in [0.29, 0.717) is 12.2 Å². The number of ether oxygens (including phenoxy) is 2. The third-order valence-electron chi connectivity index (χ3n) is 2.00. The van der Waals surface area contributed by atoms with E-state index in [1.54, 1.807) is 18.2 Å². The molecule has 1 aromatic rings. The summed E-state index contributed by atoms with van der Waals surface area (Å²) in [6, 6.07) is 4.91. The Morgan fingerprint density at radius 3 is 2.71 bits per heavy atom. The van der Waals surface area contributed by atoms with Crippen molar-refractivity contribution in [2.24, 2.45) is 0 Å². The van der Waals surface area contributed by atoms with E-state index in [1.807, 2.05) is 6.92 Å². The molecule has 0 radical (unpaired) electrons. The van der Waals surface area contributed by atoms with Gasteiger partial charge in [-0.25, -0.2) is 0 Å². The normalized spacial score (nSPS) is 10.6. The summed E-state index contributed by atoms with van der Waals surface area (Å²) in [4.78, 5) is 4.94. The largest absolute Gasteiger partial charge is 0.493 e. The van der Waals surface area contributed by atoms with E-state index in [0.717, 1.165) is 0 Å². The van der Waals surface area contributed by atoms with Crippen molar-refractivity contribution in [3.63, 3.8) is 0 Å². The maximum absolute atomic E-state index is 12.3. The van der Waals surface area contributed by atoms with E-state index in [9.17, 15) is 8.78 Å². The number of benzene rings is 1. The first-order chi connectivity index (χ1) is 8.19. The summed E-state index contributed by atoms with van der Waals surface area (Å²) in [5.41, 5.74) is 3.18. The molecule has 0 spiro atoms. The van der Waals surface area contributed by atoms with Crippen LogP contribution in [-0.2, 0) is 11.4 Å². The van der Waals surface area contributed by atoms with Gasteiger partial charge in [-0.3, -0.25) is 0 Å². The van der Waals surface area contributed by atoms with Crippen LogP contribution in [0.25, 0.3) is 0 Å². The highest BCUT2D eigenvalue weighted by Gasteiger charge is 2.14. The molecule has 96 valence electrons. The fraction of sp³-hybridized carbons (Fsp3) is 0.455. The number of hydrogen-bond acceptors (Lipinski definition) is 4. The van der Waals surface area contributed by atoms with Gasteiger partial charge >= 0.3 is 6.61 Å². The molecule has 0 bridgehead atoms. The van der Waals surface area contributed by atoms with E-state index in [2.05, 4.69) is 10.2 Å². The molecular formula is C11H15F2NO3. The number of hydroxylamine groups is 1. The van der Waals surface area contributed by atoms with Gasteiger partial charge in [0.15, 0.2) is 11.5 Å². The van der Waals surface area contributed by atoms with Crippen LogP contribution >= 0.6 is 0 Å². The van der Waals surface area contributed by atoms with Crippen LogP contribution < -0.4 is 15.0 Å². The average Bonchev–Trinajstić information content (AvgIpc) is 2.30. The first kappa shape index (κ1) is 13.7. The predicted octanol–water partition coefficient (Wildman–Crippen LogP) is 2.34. The van der Waals surface area contributed by atoms with Crippen molar-refractivity contribution in [2.45, 2.75) is 20.1 Å². The number of methoxy groups -OCH3 is 1. The van der Waals surface area contributed by atoms with Gasteiger partial charge in [0, 0.05) is 12.1 Å². The summed E-state index contributed by atoms with van der Waals surface area (Å²) >= 11 is 0. The third kappa shape index (κ3) is 4.16. The number of halogens is 2. The maximum atomic E-state index is 12.3. The molecule has 0 aliphatic carbocycles. The van der Waals surface area contributed by atoms with Gasteiger partial charge in [-0.2, -0.15) is 14.3 Å². The number of nitrogens with one attached hydrogen (secondary N) is 1. The molecule has 1 aromatic carbocycles. The summed E-state index contributed by atoms with van der Waals surface area (Å²) < 4.78 is 34.0. The number of para-hydroxylation sites is 1. The van der Waals surface area contributed by atoms with Crippen molar-refractivity contribution in [2.75, 3.05) is 13.7 Å². The Hall–Kier alpha value is -1.40. The van der Waals surface area contributed by atoms with Gasteiger partial charge in [0.1, 0.15) is 0 Å². The molecule has 0 amide bonds. The Labute approximate surface area is 98.4 Å². The molecule has 6 heteroatoms. The van der Waals surface area contributed by atoms with Crippen molar-refractivity contribution in [3.05, 3.63) is 23.8 Å². The lowest BCUT2D eigenvalue weighted by Gasteiger charge is -2.14. The van der Waals surface area contributed by atoms with Gasteiger partial charge in [0.05, 0.1) is 13.7 Å². The molecule has 4 nitrogen and oxygen atoms in total. The Balaban J connectivity index is 2.85. The molecule has 0 saturated heterocycles. The third-order valence-corrected chi connectivity index (χ3v) is 2.00. The van der Waals surface area contributed by atoms with E-state index in [1.165, 1.54) is 7.11 Å². The Morgan fingerprint density at radius 2 is 2.12 bits per heavy atom. The van der Waals surface area contributed by atoms with E-state index in [4.69, 9.17) is 9.57 Å². The topological polar surface area (TPSA) is 39.7 Å². The number of alkyl halides is 2. The molecule has 17 heavy (non-hydrogen) atoms. The summed E-state index contributed by atoms with van der Waals surface area (Å²) in [5, 5.41) is 0. The highest BCUT2D eigenvalue weighted by molar-refractivity contribution is 5.46. The van der Waals surface area contributed by atoms with Crippen LogP contribution in [0.2, 0.25) is 0 Å². The van der Waals surface area contributed by atoms with Crippen LogP contribution in [0.1, 0.15) is 12.5 Å². The lowest BCUT2D eigenvalue weighted by molar-refractivity contribution is -0.0524. The summed E-state index contributed by atoms with van der Waals surface area (Å²) in [6.07, 6.45) is 0. The average molecular weight is 247 g/mol. The second kappa shape index (κ2) is 7.03. The van der Waals surface area contributed by atoms with E-state index in [-0.39, 0.29) is 18.0 Å². The summed E-state index contributed by atoms with van der Waals surface area (Å²) in [6.45, 7) is -0.339. The Bertz CT molecular complexity index is 347. The highest BCUT2D eigenvalue weighted by Crippen LogP contribution is 2.32. The van der Waals surface area contributed by atoms with Gasteiger partial charge in [0.2, 0.25) is 0 Å². The molecule has 0 unspecified atom stereocenters. The van der Waals surface area contributed by atoms with Gasteiger partial charge in [-0.1, -0.05) is 12.1 Å². The van der Waals surface area contributed by atoms with Crippen LogP contribution in [-0.4, -0.2) is 20.3 Å². The van der Waals surface area contributed by atoms with Gasteiger partial charge in [0.25, 0.3) is 0 Å². The quantitative estimate of drug-likeness (QED) is 0.593. The molecular weight excluding hydrogens is 232 g/mol. The van der Waals surface area contributed by atoms with Crippen molar-refractivity contribution < 1.29 is 23.1 Å². The summed E-state index contributed by atoms with van der Waals surface area (Å²) in [7, 11) is 1.40. The standard InChI is InChI=1S/C11H15F2NO3/c1-3-16-14-7-8-5-4-6-9(15-2)10(8)17-11(12)13/h4-6,11,14H,3,7H2,1-2H3. The molecule has 0 fully saturated rings. The summed E-state index contributed by atoms with van der Waals surface area (Å²) in [5.74, 6) is 0.290. The SMILES string of the molecule is CCONCc1cccc(OC)c1OC(F)F. The second-order valence-corrected chi connectivity index (χ2v) is 3.08. The number of hydrogen-bond donors (Lipinski definition) is 1. The van der Waals surface area contributed by atoms with Crippen molar-refractivity contribution in [3.8, 4) is 11.5 Å². The molecule has 0 heterocycles. The van der Waals surface area contributed by atoms with E-state index < -0.39 is 6.61 Å². The van der Waals surface area contributed by atoms with Gasteiger partial charge in [-0.15, -0.1) is 0 Å². The molecule has 0 aliphatic rings. The molecule has 0 aliphatic heterocycles. The van der Waals surface area contributed by atoms with Crippen LogP contribution in [0, 0.1) is 0 Å². The minimum Gasteiger partial charge on any atom is -0.493 e. The van der Waals surface area contributed by atoms with Crippen LogP contribution in [0.4, 0.5) is 8.78 Å². The Morgan fingerprint density at radius 1 is 1.35 bits per heavy atom. The zero-order valence-corrected chi connectivity index (χ0v) is 9.70. The molecule has 1 rings (SSSR count). The van der Waals surface area contributed by atoms with Crippen LogP contribution in [0.3, 0.4) is 0 Å². The van der Waals surface area contributed by atoms with Crippen molar-refractivity contribution in [1.82, 2.24) is 5.48 Å². The minimum absolute atomic E-state index is 0.0252.